The highest BCUT2D eigenvalue weighted by Crippen LogP contribution is 2.29. The van der Waals surface area contributed by atoms with Crippen molar-refractivity contribution in [3.8, 4) is 10.6 Å². The minimum Gasteiger partial charge on any atom is -0.360 e. The van der Waals surface area contributed by atoms with E-state index in [9.17, 15) is 9.59 Å². The summed E-state index contributed by atoms with van der Waals surface area (Å²) in [7, 11) is 0. The summed E-state index contributed by atoms with van der Waals surface area (Å²) in [6.45, 7) is 8.38. The van der Waals surface area contributed by atoms with Crippen LogP contribution in [-0.2, 0) is 4.79 Å². The topological polar surface area (TPSA) is 109 Å². The van der Waals surface area contributed by atoms with Gasteiger partial charge in [-0.15, -0.1) is 11.3 Å². The van der Waals surface area contributed by atoms with Crippen LogP contribution < -0.4 is 5.32 Å². The predicted octanol–water partition coefficient (Wildman–Crippen LogP) is 3.43. The summed E-state index contributed by atoms with van der Waals surface area (Å²) in [6.07, 6.45) is 1.74. The van der Waals surface area contributed by atoms with Crippen molar-refractivity contribution in [3.63, 3.8) is 0 Å². The van der Waals surface area contributed by atoms with Gasteiger partial charge in [0.25, 0.3) is 5.91 Å². The number of fused-ring (bicyclic) bond motifs is 1. The lowest BCUT2D eigenvalue weighted by molar-refractivity contribution is -0.117. The quantitative estimate of drug-likeness (QED) is 0.438. The molecule has 5 heterocycles. The number of piperazine rings is 1. The standard InChI is InChI=1S/C24H27N7O3S/c1-15(2)31-23-18(13-25-31)17(12-19(26-23)20-5-4-10-35-20)24(33)30-8-6-29(7-9-30)14-22(32)27-21-11-16(3)34-28-21/h4-5,10-13,15H,6-9,14H2,1-3H3,(H,27,28,32). The van der Waals surface area contributed by atoms with Gasteiger partial charge in [-0.2, -0.15) is 5.10 Å². The van der Waals surface area contributed by atoms with Gasteiger partial charge in [-0.05, 0) is 38.3 Å². The maximum absolute atomic E-state index is 13.6. The Bertz CT molecular complexity index is 1350. The van der Waals surface area contributed by atoms with Gasteiger partial charge in [-0.1, -0.05) is 11.2 Å². The van der Waals surface area contributed by atoms with Crippen LogP contribution >= 0.6 is 11.3 Å². The van der Waals surface area contributed by atoms with Crippen LogP contribution in [0.15, 0.2) is 40.4 Å². The van der Waals surface area contributed by atoms with Crippen LogP contribution in [-0.4, -0.2) is 74.3 Å². The number of carbonyl (C=O) groups is 2. The van der Waals surface area contributed by atoms with Gasteiger partial charge in [0.15, 0.2) is 11.5 Å². The highest BCUT2D eigenvalue weighted by Gasteiger charge is 2.27. The molecule has 1 aliphatic rings. The number of pyridine rings is 1. The molecule has 4 aromatic heterocycles. The average molecular weight is 494 g/mol. The third-order valence-electron chi connectivity index (χ3n) is 5.98. The maximum atomic E-state index is 13.6. The summed E-state index contributed by atoms with van der Waals surface area (Å²) in [4.78, 5) is 35.7. The minimum absolute atomic E-state index is 0.0410. The van der Waals surface area contributed by atoms with Crippen molar-refractivity contribution in [1.82, 2.24) is 29.7 Å². The number of rotatable bonds is 6. The number of nitrogens with zero attached hydrogens (tertiary/aromatic N) is 6. The van der Waals surface area contributed by atoms with Crippen molar-refractivity contribution in [2.24, 2.45) is 0 Å². The number of aryl methyl sites for hydroxylation is 1. The van der Waals surface area contributed by atoms with Crippen molar-refractivity contribution in [2.75, 3.05) is 38.0 Å². The van der Waals surface area contributed by atoms with E-state index in [1.54, 1.807) is 30.5 Å². The smallest absolute Gasteiger partial charge is 0.254 e. The molecular weight excluding hydrogens is 466 g/mol. The molecule has 0 atom stereocenters. The monoisotopic (exact) mass is 493 g/mol. The van der Waals surface area contributed by atoms with E-state index in [2.05, 4.69) is 15.6 Å². The first-order valence-electron chi connectivity index (χ1n) is 11.6. The van der Waals surface area contributed by atoms with E-state index in [4.69, 9.17) is 9.51 Å². The van der Waals surface area contributed by atoms with Gasteiger partial charge in [0.2, 0.25) is 5.91 Å². The van der Waals surface area contributed by atoms with E-state index >= 15 is 0 Å². The van der Waals surface area contributed by atoms with Gasteiger partial charge < -0.3 is 14.7 Å². The first-order valence-corrected chi connectivity index (χ1v) is 12.4. The van der Waals surface area contributed by atoms with Gasteiger partial charge in [-0.3, -0.25) is 14.5 Å². The highest BCUT2D eigenvalue weighted by atomic mass is 32.1. The largest absolute Gasteiger partial charge is 0.360 e. The van der Waals surface area contributed by atoms with Crippen LogP contribution in [0, 0.1) is 6.92 Å². The van der Waals surface area contributed by atoms with Crippen LogP contribution in [0.5, 0.6) is 0 Å². The molecule has 10 nitrogen and oxygen atoms in total. The summed E-state index contributed by atoms with van der Waals surface area (Å²) in [5.41, 5.74) is 2.10. The lowest BCUT2D eigenvalue weighted by atomic mass is 10.1. The number of amides is 2. The van der Waals surface area contributed by atoms with E-state index in [0.29, 0.717) is 49.0 Å². The van der Waals surface area contributed by atoms with Crippen molar-refractivity contribution >= 4 is 40.0 Å². The molecule has 0 aromatic carbocycles. The van der Waals surface area contributed by atoms with Crippen LogP contribution in [0.1, 0.15) is 36.0 Å². The Labute approximate surface area is 206 Å². The van der Waals surface area contributed by atoms with Crippen molar-refractivity contribution in [1.29, 1.82) is 0 Å². The third kappa shape index (κ3) is 4.82. The van der Waals surface area contributed by atoms with Crippen LogP contribution in [0.2, 0.25) is 0 Å². The lowest BCUT2D eigenvalue weighted by Crippen LogP contribution is -2.50. The molecule has 1 saturated heterocycles. The normalized spacial score (nSPS) is 14.7. The fraction of sp³-hybridized carbons (Fsp3) is 0.375. The predicted molar refractivity (Wildman–Crippen MR) is 133 cm³/mol. The Morgan fingerprint density at radius 3 is 2.66 bits per heavy atom. The number of hydrogen-bond donors (Lipinski definition) is 1. The van der Waals surface area contributed by atoms with Crippen molar-refractivity contribution in [3.05, 3.63) is 47.2 Å². The fourth-order valence-corrected chi connectivity index (χ4v) is 4.90. The second-order valence-corrected chi connectivity index (χ2v) is 9.84. The zero-order valence-electron chi connectivity index (χ0n) is 19.9. The second-order valence-electron chi connectivity index (χ2n) is 8.89. The Kier molecular flexibility index (Phi) is 6.35. The van der Waals surface area contributed by atoms with Crippen LogP contribution in [0.25, 0.3) is 21.6 Å². The van der Waals surface area contributed by atoms with Crippen molar-refractivity contribution in [2.45, 2.75) is 26.8 Å². The molecule has 1 fully saturated rings. The van der Waals surface area contributed by atoms with Crippen LogP contribution in [0.4, 0.5) is 5.82 Å². The SMILES string of the molecule is Cc1cc(NC(=O)CN2CCN(C(=O)c3cc(-c4cccs4)nc4c3cnn4C(C)C)CC2)no1. The number of hydrogen-bond acceptors (Lipinski definition) is 8. The molecule has 4 aromatic rings. The third-order valence-corrected chi connectivity index (χ3v) is 6.87. The molecule has 0 spiro atoms. The average Bonchev–Trinajstić information content (AvgIpc) is 3.59. The summed E-state index contributed by atoms with van der Waals surface area (Å²) in [6, 6.07) is 7.66. The Morgan fingerprint density at radius 2 is 2.00 bits per heavy atom. The molecule has 0 aliphatic carbocycles. The molecule has 1 N–H and O–H groups in total. The molecule has 0 bridgehead atoms. The Hall–Kier alpha value is -3.57. The summed E-state index contributed by atoms with van der Waals surface area (Å²) in [5, 5.41) is 13.8. The van der Waals surface area contributed by atoms with E-state index in [-0.39, 0.29) is 24.4 Å². The van der Waals surface area contributed by atoms with Crippen LogP contribution in [0.3, 0.4) is 0 Å². The number of thiophene rings is 1. The first-order chi connectivity index (χ1) is 16.9. The molecule has 2 amide bonds. The molecule has 1 aliphatic heterocycles. The maximum Gasteiger partial charge on any atom is 0.254 e. The Balaban J connectivity index is 1.31. The Morgan fingerprint density at radius 1 is 1.20 bits per heavy atom. The zero-order valence-corrected chi connectivity index (χ0v) is 20.7. The summed E-state index contributed by atoms with van der Waals surface area (Å²) < 4.78 is 6.84. The number of aromatic nitrogens is 4. The molecule has 5 rings (SSSR count). The molecule has 35 heavy (non-hydrogen) atoms. The lowest BCUT2D eigenvalue weighted by Gasteiger charge is -2.34. The van der Waals surface area contributed by atoms with Gasteiger partial charge >= 0.3 is 0 Å². The molecule has 0 radical (unpaired) electrons. The number of nitrogens with one attached hydrogen (secondary N) is 1. The highest BCUT2D eigenvalue weighted by molar-refractivity contribution is 7.13. The minimum atomic E-state index is -0.157. The molecule has 0 unspecified atom stereocenters. The molecular formula is C24H27N7O3S. The number of anilines is 1. The van der Waals surface area contributed by atoms with Gasteiger partial charge in [0.05, 0.1) is 34.3 Å². The van der Waals surface area contributed by atoms with E-state index in [0.717, 1.165) is 16.0 Å². The van der Waals surface area contributed by atoms with Gasteiger partial charge in [0.1, 0.15) is 5.76 Å². The zero-order chi connectivity index (χ0) is 24.5. The molecule has 182 valence electrons. The van der Waals surface area contributed by atoms with Gasteiger partial charge in [-0.25, -0.2) is 9.67 Å². The summed E-state index contributed by atoms with van der Waals surface area (Å²) in [5.74, 6) is 0.849. The van der Waals surface area contributed by atoms with Gasteiger partial charge in [0, 0.05) is 38.3 Å². The molecule has 0 saturated carbocycles. The number of carbonyl (C=O) groups excluding carboxylic acids is 2. The second kappa shape index (κ2) is 9.59. The van der Waals surface area contributed by atoms with Crippen molar-refractivity contribution < 1.29 is 14.1 Å². The van der Waals surface area contributed by atoms with E-state index < -0.39 is 0 Å². The fourth-order valence-electron chi connectivity index (χ4n) is 4.21. The van der Waals surface area contributed by atoms with E-state index in [1.807, 2.05) is 51.9 Å². The first kappa shape index (κ1) is 23.2. The summed E-state index contributed by atoms with van der Waals surface area (Å²) >= 11 is 1.59. The van der Waals surface area contributed by atoms with E-state index in [1.165, 1.54) is 0 Å². The molecule has 11 heteroatoms.